The van der Waals surface area contributed by atoms with Crippen LogP contribution in [-0.4, -0.2) is 34.0 Å². The van der Waals surface area contributed by atoms with Crippen molar-refractivity contribution in [3.63, 3.8) is 0 Å². The van der Waals surface area contributed by atoms with Crippen LogP contribution in [0, 0.1) is 0 Å². The number of carbonyl (C=O) groups excluding carboxylic acids is 1. The predicted molar refractivity (Wildman–Crippen MR) is 125 cm³/mol. The summed E-state index contributed by atoms with van der Waals surface area (Å²) in [7, 11) is 1.98. The van der Waals surface area contributed by atoms with Crippen molar-refractivity contribution < 1.29 is 4.79 Å². The summed E-state index contributed by atoms with van der Waals surface area (Å²) in [6.45, 7) is 4.13. The topological polar surface area (TPSA) is 50.2 Å². The van der Waals surface area contributed by atoms with Gasteiger partial charge in [-0.25, -0.2) is 4.98 Å². The normalized spacial score (nSPS) is 12.2. The van der Waals surface area contributed by atoms with Crippen LogP contribution in [0.25, 0.3) is 11.0 Å². The number of carbonyl (C=O) groups is 1. The number of fused-ring (bicyclic) bond motifs is 1. The van der Waals surface area contributed by atoms with Gasteiger partial charge in [-0.2, -0.15) is 0 Å². The summed E-state index contributed by atoms with van der Waals surface area (Å²) in [4.78, 5) is 19.5. The molecule has 1 unspecified atom stereocenters. The van der Waals surface area contributed by atoms with Crippen LogP contribution >= 0.6 is 0 Å². The second-order valence-corrected chi connectivity index (χ2v) is 7.78. The van der Waals surface area contributed by atoms with Crippen molar-refractivity contribution >= 4 is 16.9 Å². The maximum atomic E-state index is 13.0. The molecule has 5 heteroatoms. The summed E-state index contributed by atoms with van der Waals surface area (Å²) in [6, 6.07) is 26.2. The fourth-order valence-corrected chi connectivity index (χ4v) is 3.81. The molecule has 3 aromatic carbocycles. The number of rotatable bonds is 8. The Morgan fingerprint density at radius 2 is 1.65 bits per heavy atom. The van der Waals surface area contributed by atoms with E-state index in [0.29, 0.717) is 6.54 Å². The van der Waals surface area contributed by atoms with Crippen LogP contribution in [0.4, 0.5) is 0 Å². The summed E-state index contributed by atoms with van der Waals surface area (Å²) in [5, 5.41) is 3.11. The van der Waals surface area contributed by atoms with Gasteiger partial charge in [-0.1, -0.05) is 73.7 Å². The molecule has 158 valence electrons. The lowest BCUT2D eigenvalue weighted by molar-refractivity contribution is -0.126. The average molecular weight is 413 g/mol. The molecule has 1 N–H and O–H groups in total. The second-order valence-electron chi connectivity index (χ2n) is 7.78. The first-order valence-corrected chi connectivity index (χ1v) is 10.7. The SMILES string of the molecule is CCN(C)C(C(=O)NCc1ccc(Cn2cnc3ccccc32)cc1)c1ccccc1. The van der Waals surface area contributed by atoms with Gasteiger partial charge >= 0.3 is 0 Å². The second kappa shape index (κ2) is 9.58. The number of nitrogens with zero attached hydrogens (tertiary/aromatic N) is 3. The minimum Gasteiger partial charge on any atom is -0.350 e. The van der Waals surface area contributed by atoms with Gasteiger partial charge in [0.25, 0.3) is 0 Å². The zero-order valence-electron chi connectivity index (χ0n) is 18.0. The quantitative estimate of drug-likeness (QED) is 0.467. The van der Waals surface area contributed by atoms with Crippen LogP contribution in [0.3, 0.4) is 0 Å². The lowest BCUT2D eigenvalue weighted by Crippen LogP contribution is -2.38. The van der Waals surface area contributed by atoms with Gasteiger partial charge in [0.2, 0.25) is 5.91 Å². The minimum absolute atomic E-state index is 0.0181. The van der Waals surface area contributed by atoms with Crippen LogP contribution in [-0.2, 0) is 17.9 Å². The molecule has 0 aliphatic rings. The van der Waals surface area contributed by atoms with Crippen molar-refractivity contribution in [2.45, 2.75) is 26.1 Å². The maximum Gasteiger partial charge on any atom is 0.242 e. The molecule has 1 aromatic heterocycles. The van der Waals surface area contributed by atoms with Crippen LogP contribution in [0.2, 0.25) is 0 Å². The van der Waals surface area contributed by atoms with E-state index in [1.165, 1.54) is 5.56 Å². The highest BCUT2D eigenvalue weighted by Crippen LogP contribution is 2.20. The summed E-state index contributed by atoms with van der Waals surface area (Å²) >= 11 is 0. The maximum absolute atomic E-state index is 13.0. The lowest BCUT2D eigenvalue weighted by atomic mass is 10.0. The van der Waals surface area contributed by atoms with Gasteiger partial charge in [-0.05, 0) is 42.4 Å². The summed E-state index contributed by atoms with van der Waals surface area (Å²) in [5.74, 6) is 0.0181. The molecule has 0 bridgehead atoms. The number of para-hydroxylation sites is 2. The Hall–Kier alpha value is -3.44. The monoisotopic (exact) mass is 412 g/mol. The fraction of sp³-hybridized carbons (Fsp3) is 0.231. The Kier molecular flexibility index (Phi) is 6.43. The van der Waals surface area contributed by atoms with E-state index in [1.54, 1.807) is 0 Å². The first kappa shape index (κ1) is 20.8. The first-order valence-electron chi connectivity index (χ1n) is 10.7. The molecule has 0 saturated carbocycles. The molecule has 1 atom stereocenters. The van der Waals surface area contributed by atoms with Gasteiger partial charge in [-0.15, -0.1) is 0 Å². The fourth-order valence-electron chi connectivity index (χ4n) is 3.81. The number of imidazole rings is 1. The van der Waals surface area contributed by atoms with E-state index in [4.69, 9.17) is 0 Å². The number of hydrogen-bond donors (Lipinski definition) is 1. The van der Waals surface area contributed by atoms with Crippen molar-refractivity contribution in [2.75, 3.05) is 13.6 Å². The molecule has 4 aromatic rings. The molecule has 0 spiro atoms. The van der Waals surface area contributed by atoms with Crippen molar-refractivity contribution in [2.24, 2.45) is 0 Å². The highest BCUT2D eigenvalue weighted by atomic mass is 16.2. The Morgan fingerprint density at radius 3 is 2.39 bits per heavy atom. The Morgan fingerprint density at radius 1 is 0.968 bits per heavy atom. The molecule has 5 nitrogen and oxygen atoms in total. The molecule has 0 radical (unpaired) electrons. The summed E-state index contributed by atoms with van der Waals surface area (Å²) < 4.78 is 2.15. The van der Waals surface area contributed by atoms with Crippen molar-refractivity contribution in [1.29, 1.82) is 0 Å². The van der Waals surface area contributed by atoms with Crippen LogP contribution in [0.1, 0.15) is 29.7 Å². The highest BCUT2D eigenvalue weighted by Gasteiger charge is 2.23. The summed E-state index contributed by atoms with van der Waals surface area (Å²) in [5.41, 5.74) is 5.43. The molecule has 31 heavy (non-hydrogen) atoms. The van der Waals surface area contributed by atoms with Crippen LogP contribution < -0.4 is 5.32 Å². The molecule has 1 amide bonds. The van der Waals surface area contributed by atoms with E-state index in [1.807, 2.05) is 61.9 Å². The molecule has 0 fully saturated rings. The van der Waals surface area contributed by atoms with Gasteiger partial charge in [0.15, 0.2) is 0 Å². The zero-order chi connectivity index (χ0) is 21.6. The zero-order valence-corrected chi connectivity index (χ0v) is 18.0. The van der Waals surface area contributed by atoms with Gasteiger partial charge < -0.3 is 9.88 Å². The van der Waals surface area contributed by atoms with Crippen molar-refractivity contribution in [3.8, 4) is 0 Å². The standard InChI is InChI=1S/C26H28N4O/c1-3-29(2)25(22-9-5-4-6-10-22)26(31)27-17-20-13-15-21(16-14-20)18-30-19-28-23-11-7-8-12-24(23)30/h4-16,19,25H,3,17-18H2,1-2H3,(H,27,31). The van der Waals surface area contributed by atoms with Gasteiger partial charge in [0, 0.05) is 13.1 Å². The first-order chi connectivity index (χ1) is 15.2. The molecular weight excluding hydrogens is 384 g/mol. The Balaban J connectivity index is 1.40. The molecule has 4 rings (SSSR count). The Bertz CT molecular complexity index is 1140. The van der Waals surface area contributed by atoms with E-state index in [0.717, 1.165) is 35.2 Å². The predicted octanol–water partition coefficient (Wildman–Crippen LogP) is 4.39. The van der Waals surface area contributed by atoms with Gasteiger partial charge in [0.05, 0.1) is 17.4 Å². The number of amides is 1. The number of benzene rings is 3. The van der Waals surface area contributed by atoms with Crippen molar-refractivity contribution in [3.05, 3.63) is 102 Å². The molecule has 0 aliphatic carbocycles. The van der Waals surface area contributed by atoms with E-state index in [2.05, 4.69) is 57.0 Å². The van der Waals surface area contributed by atoms with E-state index >= 15 is 0 Å². The largest absolute Gasteiger partial charge is 0.350 e. The molecule has 0 saturated heterocycles. The van der Waals surface area contributed by atoms with Crippen LogP contribution in [0.15, 0.2) is 85.2 Å². The minimum atomic E-state index is -0.292. The third-order valence-electron chi connectivity index (χ3n) is 5.67. The number of likely N-dealkylation sites (N-methyl/N-ethyl adjacent to an activating group) is 1. The number of aromatic nitrogens is 2. The number of nitrogens with one attached hydrogen (secondary N) is 1. The van der Waals surface area contributed by atoms with Gasteiger partial charge in [0.1, 0.15) is 6.04 Å². The van der Waals surface area contributed by atoms with E-state index in [-0.39, 0.29) is 11.9 Å². The third-order valence-corrected chi connectivity index (χ3v) is 5.67. The number of hydrogen-bond acceptors (Lipinski definition) is 3. The molecule has 0 aliphatic heterocycles. The third kappa shape index (κ3) is 4.84. The molecule has 1 heterocycles. The van der Waals surface area contributed by atoms with E-state index in [9.17, 15) is 4.79 Å². The smallest absolute Gasteiger partial charge is 0.242 e. The lowest BCUT2D eigenvalue weighted by Gasteiger charge is -2.26. The van der Waals surface area contributed by atoms with Crippen molar-refractivity contribution in [1.82, 2.24) is 19.8 Å². The summed E-state index contributed by atoms with van der Waals surface area (Å²) in [6.07, 6.45) is 1.88. The molecular formula is C26H28N4O. The van der Waals surface area contributed by atoms with Gasteiger partial charge in [-0.3, -0.25) is 9.69 Å². The average Bonchev–Trinajstić information content (AvgIpc) is 3.22. The van der Waals surface area contributed by atoms with E-state index < -0.39 is 0 Å². The van der Waals surface area contributed by atoms with Crippen LogP contribution in [0.5, 0.6) is 0 Å². The highest BCUT2D eigenvalue weighted by molar-refractivity contribution is 5.83. The Labute approximate surface area is 183 Å².